The normalized spacial score (nSPS) is 14.4. The molecular formula is C8H14ClF3OS. The van der Waals surface area contributed by atoms with Crippen molar-refractivity contribution in [1.29, 1.82) is 0 Å². The lowest BCUT2D eigenvalue weighted by atomic mass is 10.4. The van der Waals surface area contributed by atoms with Gasteiger partial charge in [-0.05, 0) is 12.2 Å². The van der Waals surface area contributed by atoms with Crippen LogP contribution in [0.25, 0.3) is 0 Å². The van der Waals surface area contributed by atoms with Crippen LogP contribution in [0.1, 0.15) is 19.8 Å². The molecule has 6 heteroatoms. The van der Waals surface area contributed by atoms with E-state index in [0.29, 0.717) is 5.75 Å². The predicted molar refractivity (Wildman–Crippen MR) is 53.9 cm³/mol. The maximum atomic E-state index is 12.4. The van der Waals surface area contributed by atoms with Crippen molar-refractivity contribution in [3.05, 3.63) is 0 Å². The van der Waals surface area contributed by atoms with E-state index in [9.17, 15) is 13.2 Å². The van der Waals surface area contributed by atoms with Gasteiger partial charge in [-0.2, -0.15) is 20.5 Å². The summed E-state index contributed by atoms with van der Waals surface area (Å²) in [6, 6.07) is 0. The highest BCUT2D eigenvalue weighted by Gasteiger charge is 2.40. The van der Waals surface area contributed by atoms with Crippen molar-refractivity contribution in [3.63, 3.8) is 0 Å². The fourth-order valence-corrected chi connectivity index (χ4v) is 1.61. The molecule has 0 aliphatic heterocycles. The molecule has 0 rings (SSSR count). The molecule has 0 aliphatic rings. The molecule has 0 heterocycles. The third-order valence-electron chi connectivity index (χ3n) is 1.42. The summed E-state index contributed by atoms with van der Waals surface area (Å²) in [5, 5.41) is 0. The van der Waals surface area contributed by atoms with E-state index in [1.807, 2.05) is 6.92 Å². The van der Waals surface area contributed by atoms with Crippen molar-refractivity contribution in [2.75, 3.05) is 18.1 Å². The van der Waals surface area contributed by atoms with E-state index < -0.39 is 11.7 Å². The van der Waals surface area contributed by atoms with Gasteiger partial charge in [-0.25, -0.2) is 4.39 Å². The summed E-state index contributed by atoms with van der Waals surface area (Å²) < 4.78 is 40.8. The van der Waals surface area contributed by atoms with Crippen LogP contribution >= 0.6 is 23.4 Å². The monoisotopic (exact) mass is 250 g/mol. The zero-order valence-corrected chi connectivity index (χ0v) is 9.51. The van der Waals surface area contributed by atoms with Gasteiger partial charge in [0.25, 0.3) is 5.63 Å². The molecule has 0 radical (unpaired) electrons. The third-order valence-corrected chi connectivity index (χ3v) is 2.71. The minimum atomic E-state index is -3.87. The lowest BCUT2D eigenvalue weighted by molar-refractivity contribution is -0.253. The van der Waals surface area contributed by atoms with Gasteiger partial charge in [0.1, 0.15) is 0 Å². The Bertz CT molecular complexity index is 147. The Morgan fingerprint density at radius 3 is 2.57 bits per heavy atom. The van der Waals surface area contributed by atoms with E-state index in [1.54, 1.807) is 0 Å². The van der Waals surface area contributed by atoms with Crippen molar-refractivity contribution < 1.29 is 17.9 Å². The van der Waals surface area contributed by atoms with Gasteiger partial charge in [-0.1, -0.05) is 24.9 Å². The molecule has 0 bridgehead atoms. The van der Waals surface area contributed by atoms with Crippen LogP contribution in [-0.2, 0) is 4.74 Å². The highest BCUT2D eigenvalue weighted by atomic mass is 35.5. The second kappa shape index (κ2) is 7.65. The number of hydrogen-bond donors (Lipinski definition) is 0. The highest BCUT2D eigenvalue weighted by molar-refractivity contribution is 7.99. The number of hydrogen-bond acceptors (Lipinski definition) is 2. The van der Waals surface area contributed by atoms with Crippen molar-refractivity contribution in [1.82, 2.24) is 0 Å². The third kappa shape index (κ3) is 6.79. The van der Waals surface area contributed by atoms with E-state index in [1.165, 1.54) is 11.8 Å². The number of rotatable bonds is 8. The summed E-state index contributed by atoms with van der Waals surface area (Å²) in [5.74, 6) is 1.34. The van der Waals surface area contributed by atoms with Gasteiger partial charge in [-0.3, -0.25) is 0 Å². The first-order chi connectivity index (χ1) is 6.50. The predicted octanol–water partition coefficient (Wildman–Crippen LogP) is 3.66. The second-order valence-corrected chi connectivity index (χ2v) is 4.28. The lowest BCUT2D eigenvalue weighted by Gasteiger charge is -2.16. The van der Waals surface area contributed by atoms with Crippen LogP contribution in [-0.4, -0.2) is 29.9 Å². The van der Waals surface area contributed by atoms with Crippen molar-refractivity contribution in [3.8, 4) is 0 Å². The highest BCUT2D eigenvalue weighted by Crippen LogP contribution is 2.25. The molecule has 0 N–H and O–H groups in total. The lowest BCUT2D eigenvalue weighted by Crippen LogP contribution is -2.30. The molecule has 1 unspecified atom stereocenters. The summed E-state index contributed by atoms with van der Waals surface area (Å²) in [7, 11) is 0. The van der Waals surface area contributed by atoms with Gasteiger partial charge in [-0.15, -0.1) is 0 Å². The van der Waals surface area contributed by atoms with Gasteiger partial charge >= 0.3 is 6.11 Å². The van der Waals surface area contributed by atoms with Crippen molar-refractivity contribution >= 4 is 23.4 Å². The zero-order chi connectivity index (χ0) is 11.0. The number of ether oxygens (including phenoxy) is 1. The number of unbranched alkanes of at least 4 members (excludes halogenated alkanes) is 1. The van der Waals surface area contributed by atoms with Crippen LogP contribution in [0.2, 0.25) is 0 Å². The second-order valence-electron chi connectivity index (χ2n) is 2.68. The average molecular weight is 251 g/mol. The largest absolute Gasteiger partial charge is 0.400 e. The SMILES string of the molecule is CCCCSCCOC(F)(F)C(F)Cl. The summed E-state index contributed by atoms with van der Waals surface area (Å²) in [5.41, 5.74) is -2.77. The Balaban J connectivity index is 3.35. The van der Waals surface area contributed by atoms with Crippen molar-refractivity contribution in [2.45, 2.75) is 31.5 Å². The molecule has 0 spiro atoms. The van der Waals surface area contributed by atoms with Gasteiger partial charge < -0.3 is 4.74 Å². The molecule has 1 nitrogen and oxygen atoms in total. The molecule has 14 heavy (non-hydrogen) atoms. The van der Waals surface area contributed by atoms with Gasteiger partial charge in [0.05, 0.1) is 6.61 Å². The topological polar surface area (TPSA) is 9.23 Å². The van der Waals surface area contributed by atoms with E-state index in [2.05, 4.69) is 16.3 Å². The maximum Gasteiger partial charge on any atom is 0.400 e. The minimum Gasteiger partial charge on any atom is -0.316 e. The number of thioether (sulfide) groups is 1. The van der Waals surface area contributed by atoms with Gasteiger partial charge in [0.15, 0.2) is 0 Å². The van der Waals surface area contributed by atoms with Crippen LogP contribution in [0.3, 0.4) is 0 Å². The molecule has 0 saturated carbocycles. The first-order valence-corrected chi connectivity index (χ1v) is 5.97. The van der Waals surface area contributed by atoms with E-state index in [4.69, 9.17) is 0 Å². The molecule has 86 valence electrons. The average Bonchev–Trinajstić information content (AvgIpc) is 2.10. The Kier molecular flexibility index (Phi) is 7.86. The first-order valence-electron chi connectivity index (χ1n) is 4.38. The summed E-state index contributed by atoms with van der Waals surface area (Å²) in [6.45, 7) is 1.86. The van der Waals surface area contributed by atoms with E-state index >= 15 is 0 Å². The van der Waals surface area contributed by atoms with Crippen LogP contribution in [0, 0.1) is 0 Å². The quantitative estimate of drug-likeness (QED) is 0.480. The summed E-state index contributed by atoms with van der Waals surface area (Å²) in [6.07, 6.45) is -1.76. The Morgan fingerprint density at radius 1 is 1.43 bits per heavy atom. The van der Waals surface area contributed by atoms with Gasteiger partial charge in [0.2, 0.25) is 0 Å². The number of halogens is 4. The molecule has 0 aliphatic carbocycles. The van der Waals surface area contributed by atoms with Crippen LogP contribution in [0.4, 0.5) is 13.2 Å². The molecule has 0 aromatic rings. The Hall–Kier alpha value is 0.390. The Labute approximate surface area is 91.3 Å². The van der Waals surface area contributed by atoms with Crippen molar-refractivity contribution in [2.24, 2.45) is 0 Å². The molecule has 1 atom stereocenters. The molecule has 0 amide bonds. The fourth-order valence-electron chi connectivity index (χ4n) is 0.648. The molecule has 0 aromatic heterocycles. The van der Waals surface area contributed by atoms with Crippen LogP contribution in [0.5, 0.6) is 0 Å². The standard InChI is InChI=1S/C8H14ClF3OS/c1-2-3-5-14-6-4-13-8(11,12)7(9)10/h7H,2-6H2,1H3. The maximum absolute atomic E-state index is 12.4. The zero-order valence-electron chi connectivity index (χ0n) is 7.94. The molecular weight excluding hydrogens is 237 g/mol. The number of alkyl halides is 4. The Morgan fingerprint density at radius 2 is 2.07 bits per heavy atom. The minimum absolute atomic E-state index is 0.186. The van der Waals surface area contributed by atoms with Gasteiger partial charge in [0, 0.05) is 5.75 Å². The summed E-state index contributed by atoms with van der Waals surface area (Å²) >= 11 is 6.09. The fraction of sp³-hybridized carbons (Fsp3) is 1.00. The molecule has 0 saturated heterocycles. The van der Waals surface area contributed by atoms with E-state index in [0.717, 1.165) is 18.6 Å². The molecule has 0 fully saturated rings. The van der Waals surface area contributed by atoms with E-state index in [-0.39, 0.29) is 6.61 Å². The van der Waals surface area contributed by atoms with Crippen LogP contribution in [0.15, 0.2) is 0 Å². The smallest absolute Gasteiger partial charge is 0.316 e. The first kappa shape index (κ1) is 14.4. The molecule has 0 aromatic carbocycles. The van der Waals surface area contributed by atoms with Crippen LogP contribution < -0.4 is 0 Å². The summed E-state index contributed by atoms with van der Waals surface area (Å²) in [4.78, 5) is 0.